The van der Waals surface area contributed by atoms with E-state index in [0.717, 1.165) is 12.8 Å². The molecule has 244 valence electrons. The van der Waals surface area contributed by atoms with Crippen LogP contribution in [0.1, 0.15) is 136 Å². The Morgan fingerprint density at radius 1 is 0.707 bits per heavy atom. The van der Waals surface area contributed by atoms with Crippen LogP contribution in [-0.4, -0.2) is 70.0 Å². The summed E-state index contributed by atoms with van der Waals surface area (Å²) in [6.45, 7) is 3.19. The van der Waals surface area contributed by atoms with Crippen molar-refractivity contribution in [2.75, 3.05) is 47.5 Å². The molecule has 0 saturated carbocycles. The second kappa shape index (κ2) is 25.5. The number of phosphoric ester groups is 1. The first kappa shape index (κ1) is 40.0. The van der Waals surface area contributed by atoms with Gasteiger partial charge in [0.1, 0.15) is 19.8 Å². The van der Waals surface area contributed by atoms with Crippen molar-refractivity contribution >= 4 is 19.8 Å². The first-order valence-electron chi connectivity index (χ1n) is 16.2. The molecule has 0 aromatic heterocycles. The quantitative estimate of drug-likeness (QED) is 0.0383. The molecule has 2 unspecified atom stereocenters. The van der Waals surface area contributed by atoms with Gasteiger partial charge in [0.05, 0.1) is 27.7 Å². The topological polar surface area (TPSA) is 111 Å². The van der Waals surface area contributed by atoms with E-state index < -0.39 is 32.5 Å². The second-order valence-electron chi connectivity index (χ2n) is 12.3. The number of rotatable bonds is 29. The first-order valence-corrected chi connectivity index (χ1v) is 17.6. The van der Waals surface area contributed by atoms with Crippen molar-refractivity contribution in [1.82, 2.24) is 0 Å². The van der Waals surface area contributed by atoms with E-state index in [9.17, 15) is 19.0 Å². The van der Waals surface area contributed by atoms with Crippen LogP contribution in [-0.2, 0) is 32.7 Å². The first-order chi connectivity index (χ1) is 19.4. The highest BCUT2D eigenvalue weighted by molar-refractivity contribution is 7.45. The zero-order valence-electron chi connectivity index (χ0n) is 27.0. The van der Waals surface area contributed by atoms with Crippen LogP contribution < -0.4 is 4.89 Å². The fraction of sp³-hybridized carbons (Fsp3) is 0.935. The van der Waals surface area contributed by atoms with Gasteiger partial charge in [-0.1, -0.05) is 116 Å². The molecule has 0 fully saturated rings. The van der Waals surface area contributed by atoms with Crippen LogP contribution in [0.15, 0.2) is 0 Å². The number of hydrogen-bond donors (Lipinski definition) is 0. The Hall–Kier alpha value is -0.990. The number of esters is 2. The zero-order valence-corrected chi connectivity index (χ0v) is 27.9. The van der Waals surface area contributed by atoms with Crippen molar-refractivity contribution < 1.29 is 42.1 Å². The average Bonchev–Trinajstić information content (AvgIpc) is 2.88. The van der Waals surface area contributed by atoms with Crippen LogP contribution in [0.2, 0.25) is 0 Å². The molecule has 9 nitrogen and oxygen atoms in total. The van der Waals surface area contributed by atoms with Crippen molar-refractivity contribution in [3.63, 3.8) is 0 Å². The zero-order chi connectivity index (χ0) is 30.8. The molecule has 0 aliphatic rings. The lowest BCUT2D eigenvalue weighted by Gasteiger charge is -2.28. The molecule has 2 atom stereocenters. The minimum Gasteiger partial charge on any atom is -0.756 e. The fourth-order valence-electron chi connectivity index (χ4n) is 4.38. The number of carbonyl (C=O) groups excluding carboxylic acids is 2. The van der Waals surface area contributed by atoms with Gasteiger partial charge in [-0.15, -0.1) is 0 Å². The van der Waals surface area contributed by atoms with Crippen molar-refractivity contribution in [2.45, 2.75) is 142 Å². The molecule has 0 rings (SSSR count). The molecule has 0 aliphatic heterocycles. The number of carbonyl (C=O) groups is 2. The van der Waals surface area contributed by atoms with Gasteiger partial charge in [0.25, 0.3) is 7.82 Å². The predicted octanol–water partition coefficient (Wildman–Crippen LogP) is 7.10. The third kappa shape index (κ3) is 30.3. The van der Waals surface area contributed by atoms with E-state index in [1.165, 1.54) is 103 Å². The van der Waals surface area contributed by atoms with Crippen LogP contribution in [0.5, 0.6) is 0 Å². The Balaban J connectivity index is 3.88. The van der Waals surface area contributed by atoms with Gasteiger partial charge in [0.2, 0.25) is 0 Å². The van der Waals surface area contributed by atoms with Gasteiger partial charge >= 0.3 is 11.9 Å². The summed E-state index contributed by atoms with van der Waals surface area (Å²) < 4.78 is 32.5. The van der Waals surface area contributed by atoms with Crippen LogP contribution in [0, 0.1) is 0 Å². The van der Waals surface area contributed by atoms with Gasteiger partial charge in [0, 0.05) is 13.3 Å². The highest BCUT2D eigenvalue weighted by Crippen LogP contribution is 2.38. The SMILES string of the molecule is CCCCCCCCCCCCCCCCCCCCC(=O)OC(COC(C)=O)COP(=O)([O-])OCC[N+](C)(C)C. The predicted molar refractivity (Wildman–Crippen MR) is 162 cm³/mol. The van der Waals surface area contributed by atoms with Crippen molar-refractivity contribution in [3.8, 4) is 0 Å². The summed E-state index contributed by atoms with van der Waals surface area (Å²) in [6, 6.07) is 0. The van der Waals surface area contributed by atoms with Crippen LogP contribution in [0.3, 0.4) is 0 Å². The summed E-state index contributed by atoms with van der Waals surface area (Å²) in [5.41, 5.74) is 0. The third-order valence-electron chi connectivity index (χ3n) is 6.94. The van der Waals surface area contributed by atoms with Crippen LogP contribution >= 0.6 is 7.82 Å². The number of hydrogen-bond acceptors (Lipinski definition) is 8. The van der Waals surface area contributed by atoms with Gasteiger partial charge < -0.3 is 27.9 Å². The largest absolute Gasteiger partial charge is 0.756 e. The lowest BCUT2D eigenvalue weighted by Crippen LogP contribution is -2.37. The van der Waals surface area contributed by atoms with Gasteiger partial charge in [-0.25, -0.2) is 0 Å². The molecule has 0 amide bonds. The van der Waals surface area contributed by atoms with Crippen molar-refractivity contribution in [3.05, 3.63) is 0 Å². The van der Waals surface area contributed by atoms with E-state index in [4.69, 9.17) is 18.5 Å². The molecular formula is C31H62NO8P. The smallest absolute Gasteiger partial charge is 0.306 e. The lowest BCUT2D eigenvalue weighted by atomic mass is 10.0. The molecule has 41 heavy (non-hydrogen) atoms. The number of likely N-dealkylation sites (N-methyl/N-ethyl adjacent to an activating group) is 1. The minimum atomic E-state index is -4.57. The van der Waals surface area contributed by atoms with E-state index in [1.807, 2.05) is 21.1 Å². The third-order valence-corrected chi connectivity index (χ3v) is 7.90. The highest BCUT2D eigenvalue weighted by atomic mass is 31.2. The maximum atomic E-state index is 12.3. The second-order valence-corrected chi connectivity index (χ2v) is 13.7. The molecule has 0 aliphatic carbocycles. The number of ether oxygens (including phenoxy) is 2. The van der Waals surface area contributed by atoms with Crippen LogP contribution in [0.25, 0.3) is 0 Å². The lowest BCUT2D eigenvalue weighted by molar-refractivity contribution is -0.870. The minimum absolute atomic E-state index is 0.0297. The summed E-state index contributed by atoms with van der Waals surface area (Å²) in [5.74, 6) is -1.02. The van der Waals surface area contributed by atoms with E-state index in [2.05, 4.69) is 6.92 Å². The normalized spacial score (nSPS) is 14.0. The molecule has 0 spiro atoms. The molecule has 0 heterocycles. The van der Waals surface area contributed by atoms with Gasteiger partial charge in [0.15, 0.2) is 6.10 Å². The van der Waals surface area contributed by atoms with Crippen molar-refractivity contribution in [2.24, 2.45) is 0 Å². The summed E-state index contributed by atoms with van der Waals surface area (Å²) >= 11 is 0. The standard InChI is InChI=1S/C31H62NO8P/c1-6-7-8-9-10-11-12-13-14-15-16-17-18-19-20-21-22-23-24-31(34)40-30(27-37-29(2)33)28-39-41(35,36)38-26-25-32(3,4)5/h30H,6-28H2,1-5H3. The van der Waals surface area contributed by atoms with Crippen LogP contribution in [0.4, 0.5) is 0 Å². The molecule has 0 radical (unpaired) electrons. The number of nitrogens with zero attached hydrogens (tertiary/aromatic N) is 1. The summed E-state index contributed by atoms with van der Waals surface area (Å²) in [7, 11) is 1.16. The Morgan fingerprint density at radius 2 is 1.15 bits per heavy atom. The van der Waals surface area contributed by atoms with E-state index in [0.29, 0.717) is 17.4 Å². The molecule has 0 bridgehead atoms. The number of phosphoric acid groups is 1. The monoisotopic (exact) mass is 607 g/mol. The van der Waals surface area contributed by atoms with Gasteiger partial charge in [-0.05, 0) is 6.42 Å². The van der Waals surface area contributed by atoms with E-state index >= 15 is 0 Å². The van der Waals surface area contributed by atoms with E-state index in [1.54, 1.807) is 0 Å². The maximum absolute atomic E-state index is 12.3. The molecular weight excluding hydrogens is 545 g/mol. The molecule has 0 aromatic carbocycles. The molecule has 0 aromatic rings. The average molecular weight is 608 g/mol. The Bertz CT molecular complexity index is 698. The fourth-order valence-corrected chi connectivity index (χ4v) is 5.11. The summed E-state index contributed by atoms with van der Waals surface area (Å²) in [4.78, 5) is 35.5. The molecule has 10 heteroatoms. The number of quaternary nitrogens is 1. The Kier molecular flexibility index (Phi) is 24.9. The summed E-state index contributed by atoms with van der Waals surface area (Å²) in [6.07, 6.45) is 22.1. The van der Waals surface area contributed by atoms with Gasteiger partial charge in [-0.3, -0.25) is 14.2 Å². The molecule has 0 N–H and O–H groups in total. The maximum Gasteiger partial charge on any atom is 0.306 e. The highest BCUT2D eigenvalue weighted by Gasteiger charge is 2.21. The Labute approximate surface area is 251 Å². The van der Waals surface area contributed by atoms with Crippen molar-refractivity contribution in [1.29, 1.82) is 0 Å². The van der Waals surface area contributed by atoms with E-state index in [-0.39, 0.29) is 19.6 Å². The summed E-state index contributed by atoms with van der Waals surface area (Å²) in [5, 5.41) is 0. The van der Waals surface area contributed by atoms with Gasteiger partial charge in [-0.2, -0.15) is 0 Å². The Morgan fingerprint density at radius 3 is 1.56 bits per heavy atom. The molecule has 0 saturated heterocycles. The number of unbranched alkanes of at least 4 members (excludes halogenated alkanes) is 17.